The number of guanidine groups is 1. The molecule has 1 aliphatic heterocycles. The number of aliphatic hydroxyl groups excluding tert-OH is 1. The fourth-order valence-electron chi connectivity index (χ4n) is 4.08. The van der Waals surface area contributed by atoms with E-state index in [1.807, 2.05) is 0 Å². The van der Waals surface area contributed by atoms with Gasteiger partial charge in [0.25, 0.3) is 0 Å². The van der Waals surface area contributed by atoms with E-state index in [1.54, 1.807) is 0 Å². The van der Waals surface area contributed by atoms with Crippen LogP contribution in [0.1, 0.15) is 39.0 Å². The molecule has 1 saturated heterocycles. The van der Waals surface area contributed by atoms with Crippen molar-refractivity contribution in [1.82, 2.24) is 31.5 Å². The van der Waals surface area contributed by atoms with E-state index < -0.39 is 91.3 Å². The predicted molar refractivity (Wildman–Crippen MR) is 143 cm³/mol. The van der Waals surface area contributed by atoms with Gasteiger partial charge < -0.3 is 58.3 Å². The molecule has 19 heteroatoms. The lowest BCUT2D eigenvalue weighted by Crippen LogP contribution is -2.59. The van der Waals surface area contributed by atoms with Crippen molar-refractivity contribution in [2.45, 2.75) is 69.3 Å². The second kappa shape index (κ2) is 17.3. The second-order valence-corrected chi connectivity index (χ2v) is 9.50. The van der Waals surface area contributed by atoms with E-state index in [1.165, 1.54) is 6.92 Å². The van der Waals surface area contributed by atoms with Crippen LogP contribution in [0.25, 0.3) is 0 Å². The minimum Gasteiger partial charge on any atom is -0.481 e. The number of carbonyl (C=O) groups is 7. The van der Waals surface area contributed by atoms with Gasteiger partial charge in [0.1, 0.15) is 24.2 Å². The van der Waals surface area contributed by atoms with Crippen molar-refractivity contribution in [3.05, 3.63) is 0 Å². The summed E-state index contributed by atoms with van der Waals surface area (Å²) < 4.78 is 0. The van der Waals surface area contributed by atoms with Gasteiger partial charge in [-0.15, -0.1) is 0 Å². The van der Waals surface area contributed by atoms with E-state index in [0.717, 1.165) is 4.90 Å². The molecule has 0 bridgehead atoms. The Hall–Kier alpha value is -4.52. The molecule has 42 heavy (non-hydrogen) atoms. The number of nitrogens with two attached hydrogens (primary N) is 2. The quantitative estimate of drug-likeness (QED) is 0.0422. The number of carboxylic acid groups (broad SMARTS) is 2. The minimum atomic E-state index is -1.74. The predicted octanol–water partition coefficient (Wildman–Crippen LogP) is -5.29. The summed E-state index contributed by atoms with van der Waals surface area (Å²) in [5, 5.41) is 47.3. The average molecular weight is 602 g/mol. The first-order valence-electron chi connectivity index (χ1n) is 13.1. The highest BCUT2D eigenvalue weighted by Crippen LogP contribution is 2.19. The van der Waals surface area contributed by atoms with Crippen LogP contribution in [0.3, 0.4) is 0 Å². The first kappa shape index (κ1) is 35.5. The number of nitrogens with one attached hydrogen (secondary N) is 6. The number of aliphatic carboxylic acids is 2. The summed E-state index contributed by atoms with van der Waals surface area (Å²) in [5.74, 6) is -7.50. The molecule has 13 N–H and O–H groups in total. The number of aliphatic hydroxyl groups is 1. The number of nitrogens with zero attached hydrogens (tertiary/aromatic N) is 1. The molecule has 236 valence electrons. The monoisotopic (exact) mass is 601 g/mol. The molecule has 0 aromatic heterocycles. The van der Waals surface area contributed by atoms with Crippen molar-refractivity contribution >= 4 is 47.4 Å². The van der Waals surface area contributed by atoms with Crippen LogP contribution in [-0.2, 0) is 33.6 Å². The van der Waals surface area contributed by atoms with Gasteiger partial charge in [0.05, 0.1) is 25.6 Å². The molecule has 0 aromatic carbocycles. The molecule has 1 fully saturated rings. The standard InChI is InChI=1S/C23H39N9O10/c1-11(33)18(21(40)32-7-3-5-14(32)22(41)42)31-20(39)13(8-17(36)37)30-16(35)10-28-19(38)12(29-15(34)9-24)4-2-6-27-23(25)26/h11-14,18,33H,2-10,24H2,1H3,(H,28,38)(H,29,34)(H,30,35)(H,31,39)(H,36,37)(H,41,42)(H4,25,26,27)/t11-,12+,13+,14+,18+/m1/s1. The normalized spacial score (nSPS) is 17.1. The lowest BCUT2D eigenvalue weighted by atomic mass is 10.1. The fourth-order valence-corrected chi connectivity index (χ4v) is 4.08. The average Bonchev–Trinajstić information content (AvgIpc) is 3.41. The van der Waals surface area contributed by atoms with E-state index in [-0.39, 0.29) is 31.9 Å². The maximum Gasteiger partial charge on any atom is 0.326 e. The number of carboxylic acids is 2. The van der Waals surface area contributed by atoms with Gasteiger partial charge in [-0.2, -0.15) is 0 Å². The van der Waals surface area contributed by atoms with Gasteiger partial charge in [-0.25, -0.2) is 4.79 Å². The number of likely N-dealkylation sites (tertiary alicyclic amines) is 1. The van der Waals surface area contributed by atoms with E-state index >= 15 is 0 Å². The van der Waals surface area contributed by atoms with Crippen LogP contribution in [-0.4, -0.2) is 124 Å². The molecule has 0 saturated carbocycles. The van der Waals surface area contributed by atoms with Crippen molar-refractivity contribution in [1.29, 1.82) is 5.41 Å². The third kappa shape index (κ3) is 11.9. The van der Waals surface area contributed by atoms with Gasteiger partial charge in [-0.05, 0) is 32.6 Å². The Kier molecular flexibility index (Phi) is 14.6. The van der Waals surface area contributed by atoms with Gasteiger partial charge in [0.15, 0.2) is 5.96 Å². The van der Waals surface area contributed by atoms with Gasteiger partial charge in [-0.3, -0.25) is 34.2 Å². The van der Waals surface area contributed by atoms with Crippen molar-refractivity contribution in [2.75, 3.05) is 26.2 Å². The summed E-state index contributed by atoms with van der Waals surface area (Å²) in [6, 6.07) is -5.63. The molecule has 5 atom stereocenters. The van der Waals surface area contributed by atoms with E-state index in [2.05, 4.69) is 26.6 Å². The Labute approximate surface area is 240 Å². The smallest absolute Gasteiger partial charge is 0.326 e. The first-order chi connectivity index (χ1) is 19.7. The van der Waals surface area contributed by atoms with Crippen LogP contribution in [0.2, 0.25) is 0 Å². The Balaban J connectivity index is 2.87. The highest BCUT2D eigenvalue weighted by Gasteiger charge is 2.40. The third-order valence-corrected chi connectivity index (χ3v) is 6.14. The number of amides is 5. The van der Waals surface area contributed by atoms with E-state index in [4.69, 9.17) is 16.9 Å². The summed E-state index contributed by atoms with van der Waals surface area (Å²) >= 11 is 0. The number of hydrogen-bond donors (Lipinski definition) is 11. The molecule has 5 amide bonds. The van der Waals surface area contributed by atoms with Crippen LogP contribution in [0, 0.1) is 5.41 Å². The van der Waals surface area contributed by atoms with Crippen molar-refractivity contribution in [3.63, 3.8) is 0 Å². The molecule has 0 radical (unpaired) electrons. The van der Waals surface area contributed by atoms with Gasteiger partial charge in [0, 0.05) is 13.1 Å². The molecule has 19 nitrogen and oxygen atoms in total. The molecule has 0 spiro atoms. The first-order valence-corrected chi connectivity index (χ1v) is 13.1. The lowest BCUT2D eigenvalue weighted by Gasteiger charge is -2.29. The molecule has 0 aliphatic carbocycles. The zero-order valence-electron chi connectivity index (χ0n) is 23.1. The summed E-state index contributed by atoms with van der Waals surface area (Å²) in [6.45, 7) is 0.325. The zero-order valence-corrected chi connectivity index (χ0v) is 23.1. The van der Waals surface area contributed by atoms with E-state index in [9.17, 15) is 48.9 Å². The second-order valence-electron chi connectivity index (χ2n) is 9.50. The topological polar surface area (TPSA) is 319 Å². The highest BCUT2D eigenvalue weighted by molar-refractivity contribution is 5.96. The largest absolute Gasteiger partial charge is 0.481 e. The van der Waals surface area contributed by atoms with Crippen LogP contribution >= 0.6 is 0 Å². The molecular weight excluding hydrogens is 562 g/mol. The molecular formula is C23H39N9O10. The molecule has 1 aliphatic rings. The highest BCUT2D eigenvalue weighted by atomic mass is 16.4. The van der Waals surface area contributed by atoms with Crippen LogP contribution in [0.4, 0.5) is 0 Å². The lowest BCUT2D eigenvalue weighted by molar-refractivity contribution is -0.151. The SMILES string of the molecule is C[C@@H](O)[C@H](NC(=O)[C@H](CC(=O)O)NC(=O)CNC(=O)[C@H](CCCNC(=N)N)NC(=O)CN)C(=O)N1CCC[C@H]1C(=O)O. The van der Waals surface area contributed by atoms with Crippen molar-refractivity contribution < 1.29 is 48.9 Å². The van der Waals surface area contributed by atoms with E-state index in [0.29, 0.717) is 12.8 Å². The summed E-state index contributed by atoms with van der Waals surface area (Å²) in [4.78, 5) is 86.5. The maximum absolute atomic E-state index is 12.9. The Bertz CT molecular complexity index is 1040. The summed E-state index contributed by atoms with van der Waals surface area (Å²) in [7, 11) is 0. The fraction of sp³-hybridized carbons (Fsp3) is 0.652. The molecule has 1 heterocycles. The van der Waals surface area contributed by atoms with Gasteiger partial charge >= 0.3 is 11.9 Å². The maximum atomic E-state index is 12.9. The molecule has 0 unspecified atom stereocenters. The zero-order chi connectivity index (χ0) is 32.0. The van der Waals surface area contributed by atoms with Crippen molar-refractivity contribution in [2.24, 2.45) is 11.5 Å². The molecule has 1 rings (SSSR count). The summed E-state index contributed by atoms with van der Waals surface area (Å²) in [6.07, 6.45) is -1.48. The third-order valence-electron chi connectivity index (χ3n) is 6.14. The Morgan fingerprint density at radius 2 is 1.62 bits per heavy atom. The minimum absolute atomic E-state index is 0.0733. The van der Waals surface area contributed by atoms with Crippen LogP contribution in [0.5, 0.6) is 0 Å². The Morgan fingerprint density at radius 3 is 2.17 bits per heavy atom. The molecule has 0 aromatic rings. The van der Waals surface area contributed by atoms with Gasteiger partial charge in [0.2, 0.25) is 29.5 Å². The number of carbonyl (C=O) groups excluding carboxylic acids is 5. The van der Waals surface area contributed by atoms with Crippen LogP contribution in [0.15, 0.2) is 0 Å². The van der Waals surface area contributed by atoms with Gasteiger partial charge in [-0.1, -0.05) is 0 Å². The Morgan fingerprint density at radius 1 is 0.976 bits per heavy atom. The summed E-state index contributed by atoms with van der Waals surface area (Å²) in [5.41, 5.74) is 10.5. The van der Waals surface area contributed by atoms with Crippen LogP contribution < -0.4 is 38.1 Å². The number of rotatable bonds is 17. The van der Waals surface area contributed by atoms with Crippen molar-refractivity contribution in [3.8, 4) is 0 Å². The number of hydrogen-bond acceptors (Lipinski definition) is 10.